The third-order valence-electron chi connectivity index (χ3n) is 5.92. The Balaban J connectivity index is 2.02. The molecule has 0 aromatic carbocycles. The number of piperidine rings is 1. The normalized spacial score (nSPS) is 35.1. The van der Waals surface area contributed by atoms with E-state index in [0.717, 1.165) is 24.4 Å². The average molecular weight is 280 g/mol. The number of hydrogen-bond acceptors (Lipinski definition) is 2. The van der Waals surface area contributed by atoms with Gasteiger partial charge < -0.3 is 5.32 Å². The van der Waals surface area contributed by atoms with Crippen molar-refractivity contribution in [3.63, 3.8) is 0 Å². The monoisotopic (exact) mass is 280 g/mol. The van der Waals surface area contributed by atoms with Gasteiger partial charge in [-0.1, -0.05) is 40.0 Å². The Morgan fingerprint density at radius 1 is 1.10 bits per heavy atom. The molecule has 1 saturated heterocycles. The minimum Gasteiger partial charge on any atom is -0.316 e. The summed E-state index contributed by atoms with van der Waals surface area (Å²) in [6.07, 6.45) is 8.63. The third kappa shape index (κ3) is 3.98. The molecule has 2 heteroatoms. The zero-order valence-corrected chi connectivity index (χ0v) is 14.3. The molecule has 0 aromatic rings. The molecule has 3 unspecified atom stereocenters. The summed E-state index contributed by atoms with van der Waals surface area (Å²) in [5.74, 6) is 1.74. The largest absolute Gasteiger partial charge is 0.316 e. The van der Waals surface area contributed by atoms with Gasteiger partial charge in [0.1, 0.15) is 0 Å². The van der Waals surface area contributed by atoms with Gasteiger partial charge in [-0.15, -0.1) is 0 Å². The molecule has 1 aliphatic carbocycles. The maximum atomic E-state index is 3.66. The Hall–Kier alpha value is -0.0800. The molecule has 0 bridgehead atoms. The average Bonchev–Trinajstić information content (AvgIpc) is 2.43. The van der Waals surface area contributed by atoms with E-state index in [-0.39, 0.29) is 0 Å². The van der Waals surface area contributed by atoms with Crippen LogP contribution in [0.2, 0.25) is 0 Å². The highest BCUT2D eigenvalue weighted by Crippen LogP contribution is 2.39. The molecule has 0 spiro atoms. The minimum absolute atomic E-state index is 0.555. The van der Waals surface area contributed by atoms with Crippen LogP contribution in [0, 0.1) is 17.3 Å². The lowest BCUT2D eigenvalue weighted by atomic mass is 9.72. The topological polar surface area (TPSA) is 15.3 Å². The molecule has 0 amide bonds. The second-order valence-corrected chi connectivity index (χ2v) is 7.83. The van der Waals surface area contributed by atoms with Crippen molar-refractivity contribution in [3.05, 3.63) is 0 Å². The molecule has 118 valence electrons. The predicted molar refractivity (Wildman–Crippen MR) is 88.0 cm³/mol. The fraction of sp³-hybridized carbons (Fsp3) is 1.00. The van der Waals surface area contributed by atoms with Crippen molar-refractivity contribution in [1.82, 2.24) is 10.2 Å². The highest BCUT2D eigenvalue weighted by atomic mass is 15.2. The lowest BCUT2D eigenvalue weighted by Crippen LogP contribution is -2.53. The number of rotatable bonds is 5. The van der Waals surface area contributed by atoms with Crippen LogP contribution in [0.5, 0.6) is 0 Å². The molecule has 2 nitrogen and oxygen atoms in total. The maximum Gasteiger partial charge on any atom is 0.00930 e. The van der Waals surface area contributed by atoms with Crippen molar-refractivity contribution in [2.75, 3.05) is 26.2 Å². The van der Waals surface area contributed by atoms with Crippen molar-refractivity contribution in [2.45, 2.75) is 72.3 Å². The fourth-order valence-corrected chi connectivity index (χ4v) is 4.55. The summed E-state index contributed by atoms with van der Waals surface area (Å²) in [6, 6.07) is 0.770. The molecular formula is C18H36N2. The van der Waals surface area contributed by atoms with Gasteiger partial charge in [0, 0.05) is 25.7 Å². The van der Waals surface area contributed by atoms with Gasteiger partial charge >= 0.3 is 0 Å². The number of hydrogen-bond donors (Lipinski definition) is 1. The molecule has 2 rings (SSSR count). The maximum absolute atomic E-state index is 3.66. The van der Waals surface area contributed by atoms with E-state index < -0.39 is 0 Å². The summed E-state index contributed by atoms with van der Waals surface area (Å²) in [5.41, 5.74) is 0.555. The highest BCUT2D eigenvalue weighted by molar-refractivity contribution is 4.91. The molecule has 3 atom stereocenters. The van der Waals surface area contributed by atoms with E-state index in [0.29, 0.717) is 5.41 Å². The van der Waals surface area contributed by atoms with Crippen molar-refractivity contribution < 1.29 is 0 Å². The summed E-state index contributed by atoms with van der Waals surface area (Å²) < 4.78 is 0. The first-order valence-corrected chi connectivity index (χ1v) is 9.01. The summed E-state index contributed by atoms with van der Waals surface area (Å²) in [4.78, 5) is 2.82. The quantitative estimate of drug-likeness (QED) is 0.821. The lowest BCUT2D eigenvalue weighted by molar-refractivity contribution is 0.0209. The van der Waals surface area contributed by atoms with Gasteiger partial charge in [-0.2, -0.15) is 0 Å². The van der Waals surface area contributed by atoms with Crippen LogP contribution >= 0.6 is 0 Å². The first kappa shape index (κ1) is 16.3. The molecule has 2 aliphatic rings. The van der Waals surface area contributed by atoms with Crippen LogP contribution in [0.4, 0.5) is 0 Å². The molecule has 1 aliphatic heterocycles. The van der Waals surface area contributed by atoms with Crippen LogP contribution in [0.25, 0.3) is 0 Å². The Morgan fingerprint density at radius 3 is 2.45 bits per heavy atom. The molecule has 0 radical (unpaired) electrons. The smallest absolute Gasteiger partial charge is 0.00930 e. The van der Waals surface area contributed by atoms with Crippen molar-refractivity contribution in [2.24, 2.45) is 17.3 Å². The van der Waals surface area contributed by atoms with E-state index in [1.54, 1.807) is 0 Å². The Labute approximate surface area is 126 Å². The van der Waals surface area contributed by atoms with Crippen LogP contribution in [0.3, 0.4) is 0 Å². The van der Waals surface area contributed by atoms with Gasteiger partial charge in [0.05, 0.1) is 0 Å². The highest BCUT2D eigenvalue weighted by Gasteiger charge is 2.37. The molecule has 1 saturated carbocycles. The molecule has 2 fully saturated rings. The summed E-state index contributed by atoms with van der Waals surface area (Å²) >= 11 is 0. The molecule has 0 aromatic heterocycles. The van der Waals surface area contributed by atoms with Crippen LogP contribution in [-0.2, 0) is 0 Å². The molecule has 1 N–H and O–H groups in total. The fourth-order valence-electron chi connectivity index (χ4n) is 4.55. The van der Waals surface area contributed by atoms with Crippen molar-refractivity contribution in [3.8, 4) is 0 Å². The van der Waals surface area contributed by atoms with E-state index in [9.17, 15) is 0 Å². The van der Waals surface area contributed by atoms with Crippen molar-refractivity contribution in [1.29, 1.82) is 0 Å². The third-order valence-corrected chi connectivity index (χ3v) is 5.92. The van der Waals surface area contributed by atoms with Crippen molar-refractivity contribution >= 4 is 0 Å². The SMILES string of the molecule is CCNCC1(CN2CC(C)CC(C)C2C)CCCCC1. The van der Waals surface area contributed by atoms with E-state index >= 15 is 0 Å². The van der Waals surface area contributed by atoms with Gasteiger partial charge in [0.15, 0.2) is 0 Å². The zero-order chi connectivity index (χ0) is 14.6. The molecule has 20 heavy (non-hydrogen) atoms. The Morgan fingerprint density at radius 2 is 1.80 bits per heavy atom. The van der Waals surface area contributed by atoms with Crippen LogP contribution in [0.15, 0.2) is 0 Å². The second kappa shape index (κ2) is 7.26. The zero-order valence-electron chi connectivity index (χ0n) is 14.3. The van der Waals surface area contributed by atoms with E-state index in [1.165, 1.54) is 58.2 Å². The van der Waals surface area contributed by atoms with E-state index in [1.807, 2.05) is 0 Å². The van der Waals surface area contributed by atoms with E-state index in [2.05, 4.69) is 37.9 Å². The molecule has 1 heterocycles. The van der Waals surface area contributed by atoms with Crippen LogP contribution in [-0.4, -0.2) is 37.1 Å². The van der Waals surface area contributed by atoms with Gasteiger partial charge in [-0.25, -0.2) is 0 Å². The predicted octanol–water partition coefficient (Wildman–Crippen LogP) is 3.91. The summed E-state index contributed by atoms with van der Waals surface area (Å²) in [7, 11) is 0. The second-order valence-electron chi connectivity index (χ2n) is 7.83. The van der Waals surface area contributed by atoms with Gasteiger partial charge in [0.2, 0.25) is 0 Å². The Bertz CT molecular complexity index is 283. The summed E-state index contributed by atoms with van der Waals surface area (Å²) in [5, 5.41) is 3.66. The first-order chi connectivity index (χ1) is 9.56. The van der Waals surface area contributed by atoms with Gasteiger partial charge in [-0.3, -0.25) is 4.90 Å². The lowest BCUT2D eigenvalue weighted by Gasteiger charge is -2.48. The van der Waals surface area contributed by atoms with Gasteiger partial charge in [0.25, 0.3) is 0 Å². The standard InChI is InChI=1S/C18H36N2/c1-5-19-13-18(9-7-6-8-10-18)14-20-12-15(2)11-16(3)17(20)4/h15-17,19H,5-14H2,1-4H3. The number of nitrogens with one attached hydrogen (secondary N) is 1. The minimum atomic E-state index is 0.555. The number of nitrogens with zero attached hydrogens (tertiary/aromatic N) is 1. The molecular weight excluding hydrogens is 244 g/mol. The first-order valence-electron chi connectivity index (χ1n) is 9.01. The Kier molecular flexibility index (Phi) is 5.92. The van der Waals surface area contributed by atoms with Gasteiger partial charge in [-0.05, 0) is 50.0 Å². The number of likely N-dealkylation sites (tertiary alicyclic amines) is 1. The van der Waals surface area contributed by atoms with Crippen LogP contribution < -0.4 is 5.32 Å². The van der Waals surface area contributed by atoms with E-state index in [4.69, 9.17) is 0 Å². The van der Waals surface area contributed by atoms with Crippen LogP contribution in [0.1, 0.15) is 66.2 Å². The summed E-state index contributed by atoms with van der Waals surface area (Å²) in [6.45, 7) is 14.6.